The van der Waals surface area contributed by atoms with Gasteiger partial charge in [-0.25, -0.2) is 14.4 Å². The Hall–Kier alpha value is -3.66. The number of ether oxygens (including phenoxy) is 2. The summed E-state index contributed by atoms with van der Waals surface area (Å²) in [6.07, 6.45) is -1.43. The number of carbonyl (C=O) groups excluding carboxylic acids is 3. The summed E-state index contributed by atoms with van der Waals surface area (Å²) < 4.78 is 10.4. The average molecular weight is 566 g/mol. The smallest absolute Gasteiger partial charge is 0.411 e. The first-order valence-corrected chi connectivity index (χ1v) is 12.1. The molecule has 0 saturated carbocycles. The number of benzene rings is 3. The van der Waals surface area contributed by atoms with Gasteiger partial charge in [-0.05, 0) is 54.6 Å². The first-order valence-electron chi connectivity index (χ1n) is 11.0. The van der Waals surface area contributed by atoms with E-state index in [1.807, 2.05) is 0 Å². The second-order valence-corrected chi connectivity index (χ2v) is 8.78. The Kier molecular flexibility index (Phi) is 10.7. The fraction of sp³-hybridized carbons (Fsp3) is 0.160. The normalized spacial score (nSPS) is 10.2. The van der Waals surface area contributed by atoms with Crippen LogP contribution in [0.3, 0.4) is 0 Å². The molecule has 3 aromatic rings. The van der Waals surface area contributed by atoms with E-state index in [1.165, 1.54) is 4.90 Å². The van der Waals surface area contributed by atoms with Crippen molar-refractivity contribution in [2.24, 2.45) is 0 Å². The lowest BCUT2D eigenvalue weighted by Gasteiger charge is -2.23. The Morgan fingerprint density at radius 3 is 1.38 bits per heavy atom. The molecular weight excluding hydrogens is 543 g/mol. The van der Waals surface area contributed by atoms with E-state index in [0.717, 1.165) is 0 Å². The van der Waals surface area contributed by atoms with Crippen LogP contribution in [0, 0.1) is 0 Å². The zero-order valence-electron chi connectivity index (χ0n) is 19.4. The third-order valence-electron chi connectivity index (χ3n) is 4.69. The van der Waals surface area contributed by atoms with E-state index in [4.69, 9.17) is 44.3 Å². The van der Waals surface area contributed by atoms with Crippen molar-refractivity contribution in [1.29, 1.82) is 0 Å². The fourth-order valence-corrected chi connectivity index (χ4v) is 3.59. The van der Waals surface area contributed by atoms with Crippen molar-refractivity contribution < 1.29 is 23.9 Å². The van der Waals surface area contributed by atoms with Crippen LogP contribution in [-0.4, -0.2) is 49.4 Å². The maximum absolute atomic E-state index is 12.9. The molecule has 0 aliphatic rings. The lowest BCUT2D eigenvalue weighted by atomic mass is 10.3. The van der Waals surface area contributed by atoms with Crippen LogP contribution in [0.5, 0.6) is 0 Å². The standard InChI is InChI=1S/C25H23Cl3N4O5/c26-17-4-1-7-20(14-17)29-23(33)32(10-12-36-24(34)30-21-8-2-5-18(27)15-21)11-13-37-25(35)31-22-9-3-6-19(28)16-22/h1-9,14-16H,10-13H2,(H,29,33)(H,30,34)(H,31,35). The predicted octanol–water partition coefficient (Wildman–Crippen LogP) is 6.98. The SMILES string of the molecule is O=C(Nc1cccc(Cl)c1)OCCN(CCOC(=O)Nc1cccc(Cl)c1)C(=O)Nc1cccc(Cl)c1. The zero-order valence-corrected chi connectivity index (χ0v) is 21.6. The third-order valence-corrected chi connectivity index (χ3v) is 5.40. The number of anilines is 3. The van der Waals surface area contributed by atoms with E-state index in [2.05, 4.69) is 16.0 Å². The Balaban J connectivity index is 1.53. The van der Waals surface area contributed by atoms with Gasteiger partial charge in [-0.15, -0.1) is 0 Å². The molecule has 0 unspecified atom stereocenters. The van der Waals surface area contributed by atoms with Crippen molar-refractivity contribution in [3.8, 4) is 0 Å². The summed E-state index contributed by atoms with van der Waals surface area (Å²) in [7, 11) is 0. The molecule has 0 spiro atoms. The van der Waals surface area contributed by atoms with Gasteiger partial charge in [0.05, 0.1) is 13.1 Å². The lowest BCUT2D eigenvalue weighted by molar-refractivity contribution is 0.126. The Bertz CT molecular complexity index is 1180. The van der Waals surface area contributed by atoms with Gasteiger partial charge in [0.15, 0.2) is 0 Å². The van der Waals surface area contributed by atoms with Crippen LogP contribution in [0.15, 0.2) is 72.8 Å². The summed E-state index contributed by atoms with van der Waals surface area (Å²) in [6.45, 7) is -0.197. The van der Waals surface area contributed by atoms with Gasteiger partial charge in [0.2, 0.25) is 0 Å². The summed E-state index contributed by atoms with van der Waals surface area (Å²) in [6, 6.07) is 19.3. The summed E-state index contributed by atoms with van der Waals surface area (Å²) in [4.78, 5) is 38.4. The molecule has 0 heterocycles. The molecule has 0 aliphatic carbocycles. The van der Waals surface area contributed by atoms with E-state index in [-0.39, 0.29) is 26.3 Å². The van der Waals surface area contributed by atoms with Gasteiger partial charge in [-0.1, -0.05) is 53.0 Å². The number of hydrogen-bond donors (Lipinski definition) is 3. The second kappa shape index (κ2) is 14.2. The molecule has 9 nitrogen and oxygen atoms in total. The number of nitrogens with one attached hydrogen (secondary N) is 3. The molecule has 0 saturated heterocycles. The number of nitrogens with zero attached hydrogens (tertiary/aromatic N) is 1. The molecule has 0 aliphatic heterocycles. The van der Waals surface area contributed by atoms with Crippen molar-refractivity contribution in [3.63, 3.8) is 0 Å². The highest BCUT2D eigenvalue weighted by Crippen LogP contribution is 2.17. The van der Waals surface area contributed by atoms with Gasteiger partial charge in [-0.2, -0.15) is 0 Å². The fourth-order valence-electron chi connectivity index (χ4n) is 3.02. The topological polar surface area (TPSA) is 109 Å². The highest BCUT2D eigenvalue weighted by molar-refractivity contribution is 6.31. The van der Waals surface area contributed by atoms with E-state index in [0.29, 0.717) is 32.1 Å². The summed E-state index contributed by atoms with van der Waals surface area (Å²) in [5.41, 5.74) is 1.40. The van der Waals surface area contributed by atoms with Crippen LogP contribution in [-0.2, 0) is 9.47 Å². The Labute approximate surface area is 228 Å². The number of hydrogen-bond acceptors (Lipinski definition) is 5. The number of halogens is 3. The molecule has 12 heteroatoms. The maximum Gasteiger partial charge on any atom is 0.411 e. The zero-order chi connectivity index (χ0) is 26.6. The highest BCUT2D eigenvalue weighted by atomic mass is 35.5. The molecule has 194 valence electrons. The van der Waals surface area contributed by atoms with Crippen LogP contribution in [0.4, 0.5) is 31.4 Å². The van der Waals surface area contributed by atoms with E-state index >= 15 is 0 Å². The van der Waals surface area contributed by atoms with Crippen molar-refractivity contribution in [2.45, 2.75) is 0 Å². The monoisotopic (exact) mass is 564 g/mol. The molecule has 37 heavy (non-hydrogen) atoms. The third kappa shape index (κ3) is 10.1. The minimum absolute atomic E-state index is 0.0225. The van der Waals surface area contributed by atoms with Gasteiger partial charge in [0.1, 0.15) is 13.2 Å². The quantitative estimate of drug-likeness (QED) is 0.259. The van der Waals surface area contributed by atoms with Gasteiger partial charge in [0.25, 0.3) is 0 Å². The molecular formula is C25H23Cl3N4O5. The van der Waals surface area contributed by atoms with Gasteiger partial charge in [-0.3, -0.25) is 10.6 Å². The second-order valence-electron chi connectivity index (χ2n) is 7.47. The summed E-state index contributed by atoms with van der Waals surface area (Å²) >= 11 is 17.8. The predicted molar refractivity (Wildman–Crippen MR) is 145 cm³/mol. The molecule has 0 bridgehead atoms. The number of urea groups is 1. The molecule has 4 amide bonds. The summed E-state index contributed by atoms with van der Waals surface area (Å²) in [5.74, 6) is 0. The highest BCUT2D eigenvalue weighted by Gasteiger charge is 2.16. The van der Waals surface area contributed by atoms with Crippen molar-refractivity contribution in [2.75, 3.05) is 42.3 Å². The van der Waals surface area contributed by atoms with Crippen LogP contribution < -0.4 is 16.0 Å². The molecule has 0 atom stereocenters. The number of carbonyl (C=O) groups is 3. The largest absolute Gasteiger partial charge is 0.447 e. The van der Waals surface area contributed by atoms with Crippen molar-refractivity contribution in [1.82, 2.24) is 4.90 Å². The summed E-state index contributed by atoms with van der Waals surface area (Å²) in [5, 5.41) is 9.18. The molecule has 0 aromatic heterocycles. The van der Waals surface area contributed by atoms with Gasteiger partial charge < -0.3 is 19.7 Å². The maximum atomic E-state index is 12.9. The minimum atomic E-state index is -0.713. The molecule has 0 fully saturated rings. The van der Waals surface area contributed by atoms with E-state index < -0.39 is 18.2 Å². The first kappa shape index (κ1) is 27.9. The van der Waals surface area contributed by atoms with Crippen LogP contribution in [0.25, 0.3) is 0 Å². The van der Waals surface area contributed by atoms with Crippen molar-refractivity contribution in [3.05, 3.63) is 87.9 Å². The van der Waals surface area contributed by atoms with Crippen LogP contribution >= 0.6 is 34.8 Å². The molecule has 3 N–H and O–H groups in total. The van der Waals surface area contributed by atoms with E-state index in [9.17, 15) is 14.4 Å². The number of rotatable bonds is 9. The van der Waals surface area contributed by atoms with Gasteiger partial charge in [0, 0.05) is 32.1 Å². The van der Waals surface area contributed by atoms with Crippen molar-refractivity contribution >= 4 is 70.1 Å². The van der Waals surface area contributed by atoms with Crippen LogP contribution in [0.2, 0.25) is 15.1 Å². The molecule has 0 radical (unpaired) electrons. The van der Waals surface area contributed by atoms with E-state index in [1.54, 1.807) is 72.8 Å². The van der Waals surface area contributed by atoms with Crippen LogP contribution in [0.1, 0.15) is 0 Å². The Morgan fingerprint density at radius 1 is 0.622 bits per heavy atom. The minimum Gasteiger partial charge on any atom is -0.447 e. The molecule has 3 aromatic carbocycles. The Morgan fingerprint density at radius 2 is 1.00 bits per heavy atom. The van der Waals surface area contributed by atoms with Gasteiger partial charge >= 0.3 is 18.2 Å². The lowest BCUT2D eigenvalue weighted by Crippen LogP contribution is -2.40. The molecule has 3 rings (SSSR count). The first-order chi connectivity index (χ1) is 17.8. The number of amides is 4. The average Bonchev–Trinajstić information content (AvgIpc) is 2.83.